The van der Waals surface area contributed by atoms with Crippen molar-refractivity contribution >= 4 is 61.1 Å². The van der Waals surface area contributed by atoms with Crippen LogP contribution in [-0.4, -0.2) is 14.5 Å². The minimum Gasteiger partial charge on any atom is -0.368 e. The molecule has 0 saturated heterocycles. The Balaban J connectivity index is 1.94. The van der Waals surface area contributed by atoms with Gasteiger partial charge in [0.05, 0.1) is 15.9 Å². The molecule has 0 aliphatic carbocycles. The maximum absolute atomic E-state index is 13.7. The van der Waals surface area contributed by atoms with Crippen molar-refractivity contribution in [2.75, 3.05) is 11.1 Å². The van der Waals surface area contributed by atoms with Crippen LogP contribution in [0.15, 0.2) is 70.1 Å². The number of nitrogens with two attached hydrogens (primary N) is 1. The summed E-state index contributed by atoms with van der Waals surface area (Å²) < 4.78 is 3.23. The molecule has 0 amide bonds. The van der Waals surface area contributed by atoms with E-state index in [0.29, 0.717) is 10.3 Å². The molecule has 0 saturated carbocycles. The molecule has 0 fully saturated rings. The van der Waals surface area contributed by atoms with Gasteiger partial charge in [-0.05, 0) is 52.0 Å². The zero-order chi connectivity index (χ0) is 21.3. The molecule has 0 aliphatic rings. The summed E-state index contributed by atoms with van der Waals surface area (Å²) in [6.45, 7) is 1.99. The fourth-order valence-electron chi connectivity index (χ4n) is 3.49. The molecule has 152 valence electrons. The molecule has 2 heterocycles. The molecule has 2 aromatic carbocycles. The van der Waals surface area contributed by atoms with Gasteiger partial charge in [0.1, 0.15) is 5.82 Å². The molecule has 6 nitrogen and oxygen atoms in total. The number of benzene rings is 2. The van der Waals surface area contributed by atoms with Crippen LogP contribution in [0.5, 0.6) is 0 Å². The molecular formula is C22H19BrIN5O. The van der Waals surface area contributed by atoms with Gasteiger partial charge < -0.3 is 11.1 Å². The number of rotatable bonds is 5. The van der Waals surface area contributed by atoms with Gasteiger partial charge in [0.15, 0.2) is 0 Å². The highest BCUT2D eigenvalue weighted by Crippen LogP contribution is 2.28. The molecule has 0 radical (unpaired) electrons. The zero-order valence-electron chi connectivity index (χ0n) is 16.1. The molecule has 0 unspecified atom stereocenters. The van der Waals surface area contributed by atoms with Gasteiger partial charge >= 0.3 is 0 Å². The normalized spacial score (nSPS) is 12.1. The Kier molecular flexibility index (Phi) is 6.05. The van der Waals surface area contributed by atoms with E-state index in [9.17, 15) is 4.79 Å². The first-order valence-electron chi connectivity index (χ1n) is 9.33. The highest BCUT2D eigenvalue weighted by atomic mass is 127. The molecular weight excluding hydrogens is 557 g/mol. The lowest BCUT2D eigenvalue weighted by molar-refractivity contribution is 0.772. The molecule has 3 N–H and O–H groups in total. The van der Waals surface area contributed by atoms with Crippen molar-refractivity contribution in [3.63, 3.8) is 0 Å². The van der Waals surface area contributed by atoms with Crippen LogP contribution in [0.1, 0.15) is 24.2 Å². The number of para-hydroxylation sites is 1. The molecule has 0 spiro atoms. The summed E-state index contributed by atoms with van der Waals surface area (Å²) in [6.07, 6.45) is 1.61. The summed E-state index contributed by atoms with van der Waals surface area (Å²) in [6, 6.07) is 17.5. The maximum atomic E-state index is 13.7. The molecule has 8 heteroatoms. The number of alkyl halides is 1. The molecule has 1 atom stereocenters. The van der Waals surface area contributed by atoms with Crippen LogP contribution >= 0.6 is 38.5 Å². The van der Waals surface area contributed by atoms with E-state index >= 15 is 0 Å². The lowest BCUT2D eigenvalue weighted by Crippen LogP contribution is -2.26. The van der Waals surface area contributed by atoms with E-state index in [1.807, 2.05) is 55.5 Å². The molecule has 4 rings (SSSR count). The summed E-state index contributed by atoms with van der Waals surface area (Å²) in [4.78, 5) is 21.9. The number of nitrogens with one attached hydrogen (secondary N) is 1. The van der Waals surface area contributed by atoms with Gasteiger partial charge in [-0.25, -0.2) is 4.98 Å². The van der Waals surface area contributed by atoms with Gasteiger partial charge in [0, 0.05) is 22.0 Å². The van der Waals surface area contributed by atoms with E-state index in [0.717, 1.165) is 32.1 Å². The van der Waals surface area contributed by atoms with Crippen LogP contribution in [0.3, 0.4) is 0 Å². The van der Waals surface area contributed by atoms with Gasteiger partial charge in [-0.3, -0.25) is 9.36 Å². The molecule has 0 aliphatic heterocycles. The smallest absolute Gasteiger partial charge is 0.263 e. The lowest BCUT2D eigenvalue weighted by atomic mass is 10.0. The largest absolute Gasteiger partial charge is 0.368 e. The number of hydrogen-bond donors (Lipinski definition) is 2. The van der Waals surface area contributed by atoms with Crippen molar-refractivity contribution in [1.82, 2.24) is 14.5 Å². The van der Waals surface area contributed by atoms with Gasteiger partial charge in [0.2, 0.25) is 5.95 Å². The van der Waals surface area contributed by atoms with E-state index in [-0.39, 0.29) is 17.5 Å². The Bertz CT molecular complexity index is 1280. The second-order valence-electron chi connectivity index (χ2n) is 6.85. The number of pyridine rings is 1. The number of nitrogen functional groups attached to an aromatic ring is 1. The molecule has 0 bridgehead atoms. The van der Waals surface area contributed by atoms with Gasteiger partial charge in [0.25, 0.3) is 5.56 Å². The predicted molar refractivity (Wildman–Crippen MR) is 133 cm³/mol. The maximum Gasteiger partial charge on any atom is 0.263 e. The van der Waals surface area contributed by atoms with Crippen molar-refractivity contribution in [2.24, 2.45) is 0 Å². The first-order chi connectivity index (χ1) is 14.5. The Morgan fingerprint density at radius 3 is 2.70 bits per heavy atom. The van der Waals surface area contributed by atoms with Crippen LogP contribution in [0.4, 0.5) is 11.8 Å². The second kappa shape index (κ2) is 8.73. The third-order valence-corrected chi connectivity index (χ3v) is 6.28. The number of fused-ring (bicyclic) bond motifs is 1. The van der Waals surface area contributed by atoms with E-state index in [1.165, 1.54) is 0 Å². The Morgan fingerprint density at radius 2 is 1.97 bits per heavy atom. The van der Waals surface area contributed by atoms with E-state index < -0.39 is 0 Å². The number of nitrogens with zero attached hydrogens (tertiary/aromatic N) is 3. The van der Waals surface area contributed by atoms with Gasteiger partial charge in [-0.15, -0.1) is 0 Å². The van der Waals surface area contributed by atoms with Crippen molar-refractivity contribution in [3.8, 4) is 5.69 Å². The minimum atomic E-state index is -0.226. The SMILES string of the molecule is C[C@H](Nc1nc(N)ncc1Br)c1cc2cccc(CI)c2c(=O)n1-c1ccccc1. The standard InChI is InChI=1S/C22H19BrIN5O/c1-13(27-20-17(23)12-26-22(25)28-20)18-10-14-6-5-7-15(11-24)19(14)21(30)29(18)16-8-3-2-4-9-16/h2-10,12-13H,11H2,1H3,(H3,25,26,27,28)/t13-/m0/s1. The average molecular weight is 576 g/mol. The first kappa shape index (κ1) is 20.8. The van der Waals surface area contributed by atoms with Crippen LogP contribution in [0.25, 0.3) is 16.5 Å². The minimum absolute atomic E-state index is 0.0316. The Labute approximate surface area is 195 Å². The first-order valence-corrected chi connectivity index (χ1v) is 11.6. The van der Waals surface area contributed by atoms with Crippen molar-refractivity contribution < 1.29 is 0 Å². The monoisotopic (exact) mass is 575 g/mol. The Hall–Kier alpha value is -2.46. The summed E-state index contributed by atoms with van der Waals surface area (Å²) in [5, 5.41) is 5.03. The van der Waals surface area contributed by atoms with Crippen LogP contribution in [0, 0.1) is 0 Å². The molecule has 2 aromatic heterocycles. The molecule has 4 aromatic rings. The third-order valence-electron chi connectivity index (χ3n) is 4.88. The summed E-state index contributed by atoms with van der Waals surface area (Å²) >= 11 is 5.75. The Morgan fingerprint density at radius 1 is 1.20 bits per heavy atom. The molecule has 30 heavy (non-hydrogen) atoms. The topological polar surface area (TPSA) is 85.8 Å². The van der Waals surface area contributed by atoms with E-state index in [4.69, 9.17) is 5.73 Å². The highest BCUT2D eigenvalue weighted by Gasteiger charge is 2.19. The van der Waals surface area contributed by atoms with Crippen molar-refractivity contribution in [2.45, 2.75) is 17.4 Å². The quantitative estimate of drug-likeness (QED) is 0.251. The fraction of sp³-hybridized carbons (Fsp3) is 0.136. The third kappa shape index (κ3) is 3.93. The number of hydrogen-bond acceptors (Lipinski definition) is 5. The average Bonchev–Trinajstić information content (AvgIpc) is 2.76. The number of anilines is 2. The second-order valence-corrected chi connectivity index (χ2v) is 8.47. The van der Waals surface area contributed by atoms with E-state index in [1.54, 1.807) is 10.8 Å². The van der Waals surface area contributed by atoms with Crippen molar-refractivity contribution in [3.05, 3.63) is 86.9 Å². The van der Waals surface area contributed by atoms with Crippen molar-refractivity contribution in [1.29, 1.82) is 0 Å². The number of aromatic nitrogens is 3. The zero-order valence-corrected chi connectivity index (χ0v) is 19.9. The summed E-state index contributed by atoms with van der Waals surface area (Å²) in [5.41, 5.74) is 8.40. The summed E-state index contributed by atoms with van der Waals surface area (Å²) in [5.74, 6) is 0.752. The van der Waals surface area contributed by atoms with Gasteiger partial charge in [-0.2, -0.15) is 4.98 Å². The van der Waals surface area contributed by atoms with Gasteiger partial charge in [-0.1, -0.05) is 59.0 Å². The van der Waals surface area contributed by atoms with E-state index in [2.05, 4.69) is 59.9 Å². The van der Waals surface area contributed by atoms with Crippen LogP contribution < -0.4 is 16.6 Å². The van der Waals surface area contributed by atoms with Crippen LogP contribution in [-0.2, 0) is 4.43 Å². The summed E-state index contributed by atoms with van der Waals surface area (Å²) in [7, 11) is 0. The highest BCUT2D eigenvalue weighted by molar-refractivity contribution is 14.1. The predicted octanol–water partition coefficient (Wildman–Crippen LogP) is 5.23. The van der Waals surface area contributed by atoms with Crippen LogP contribution in [0.2, 0.25) is 0 Å². The number of halogens is 2. The lowest BCUT2D eigenvalue weighted by Gasteiger charge is -2.22. The fourth-order valence-corrected chi connectivity index (χ4v) is 4.43.